The summed E-state index contributed by atoms with van der Waals surface area (Å²) in [5.41, 5.74) is 0. The van der Waals surface area contributed by atoms with Crippen LogP contribution in [0.5, 0.6) is 0 Å². The van der Waals surface area contributed by atoms with E-state index in [0.717, 1.165) is 19.4 Å². The molecule has 0 aliphatic rings. The average molecular weight is 256 g/mol. The van der Waals surface area contributed by atoms with Gasteiger partial charge in [0.25, 0.3) is 0 Å². The minimum Gasteiger partial charge on any atom is -0.363 e. The predicted octanol–water partition coefficient (Wildman–Crippen LogP) is 5.04. The Hall–Kier alpha value is -0.0800. The average Bonchev–Trinajstić information content (AvgIpc) is 2.40. The van der Waals surface area contributed by atoms with E-state index >= 15 is 0 Å². The second-order valence-corrected chi connectivity index (χ2v) is 5.02. The van der Waals surface area contributed by atoms with Crippen molar-refractivity contribution in [3.8, 4) is 0 Å². The van der Waals surface area contributed by atoms with Gasteiger partial charge in [-0.15, -0.1) is 0 Å². The maximum Gasteiger partial charge on any atom is 0.108 e. The molecule has 0 saturated heterocycles. The Labute approximate surface area is 115 Å². The van der Waals surface area contributed by atoms with Crippen molar-refractivity contribution >= 4 is 0 Å². The summed E-state index contributed by atoms with van der Waals surface area (Å²) < 4.78 is 5.80. The number of unbranched alkanes of at least 4 members (excludes halogenated alkanes) is 7. The maximum absolute atomic E-state index is 5.80. The van der Waals surface area contributed by atoms with E-state index in [4.69, 9.17) is 4.74 Å². The Morgan fingerprint density at radius 2 is 1.50 bits per heavy atom. The van der Waals surface area contributed by atoms with Crippen molar-refractivity contribution < 1.29 is 4.74 Å². The minimum absolute atomic E-state index is 0.217. The quantitative estimate of drug-likeness (QED) is 0.347. The molecule has 0 heterocycles. The van der Waals surface area contributed by atoms with Gasteiger partial charge in [0.1, 0.15) is 6.23 Å². The van der Waals surface area contributed by atoms with E-state index < -0.39 is 0 Å². The first-order chi connectivity index (χ1) is 8.85. The van der Waals surface area contributed by atoms with E-state index in [2.05, 4.69) is 32.6 Å². The van der Waals surface area contributed by atoms with E-state index in [-0.39, 0.29) is 6.23 Å². The molecule has 0 aromatic rings. The summed E-state index contributed by atoms with van der Waals surface area (Å²) in [4.78, 5) is 0. The van der Waals surface area contributed by atoms with Crippen molar-refractivity contribution in [1.29, 1.82) is 0 Å². The van der Waals surface area contributed by atoms with Gasteiger partial charge in [-0.2, -0.15) is 0 Å². The molecular formula is C16H34NO. The molecular weight excluding hydrogens is 222 g/mol. The van der Waals surface area contributed by atoms with Crippen LogP contribution in [-0.4, -0.2) is 12.8 Å². The summed E-state index contributed by atoms with van der Waals surface area (Å²) in [7, 11) is 0. The molecule has 0 bridgehead atoms. The Morgan fingerprint density at radius 3 is 2.06 bits per heavy atom. The summed E-state index contributed by atoms with van der Waals surface area (Å²) in [6, 6.07) is 0. The zero-order chi connectivity index (χ0) is 13.5. The highest BCUT2D eigenvalue weighted by atomic mass is 16.5. The molecule has 0 aromatic heterocycles. The lowest BCUT2D eigenvalue weighted by atomic mass is 10.1. The van der Waals surface area contributed by atoms with Crippen LogP contribution >= 0.6 is 0 Å². The van der Waals surface area contributed by atoms with Gasteiger partial charge in [0.2, 0.25) is 0 Å². The maximum atomic E-state index is 5.80. The molecule has 0 spiro atoms. The molecule has 0 rings (SSSR count). The van der Waals surface area contributed by atoms with Gasteiger partial charge in [-0.3, -0.25) is 5.32 Å². The second-order valence-electron chi connectivity index (χ2n) is 5.02. The summed E-state index contributed by atoms with van der Waals surface area (Å²) in [6.45, 7) is 9.55. The fourth-order valence-corrected chi connectivity index (χ4v) is 1.99. The van der Waals surface area contributed by atoms with Gasteiger partial charge in [0.05, 0.1) is 0 Å². The number of nitrogens with one attached hydrogen (secondary N) is 1. The fraction of sp³-hybridized carbons (Fsp3) is 0.938. The van der Waals surface area contributed by atoms with E-state index in [0.29, 0.717) is 0 Å². The SMILES string of the molecule is CC[CH]NC(CC)OCCCCCCCCCC. The Kier molecular flexibility index (Phi) is 14.9. The Morgan fingerprint density at radius 1 is 0.889 bits per heavy atom. The van der Waals surface area contributed by atoms with Gasteiger partial charge in [-0.05, 0) is 19.3 Å². The molecule has 0 saturated carbocycles. The van der Waals surface area contributed by atoms with E-state index in [9.17, 15) is 0 Å². The molecule has 109 valence electrons. The normalized spacial score (nSPS) is 12.8. The van der Waals surface area contributed by atoms with Crippen LogP contribution in [0, 0.1) is 6.54 Å². The van der Waals surface area contributed by atoms with Gasteiger partial charge in [-0.25, -0.2) is 0 Å². The summed E-state index contributed by atoms with van der Waals surface area (Å²) in [6.07, 6.45) is 13.2. The molecule has 0 aliphatic carbocycles. The third-order valence-corrected chi connectivity index (χ3v) is 3.20. The molecule has 0 fully saturated rings. The second kappa shape index (κ2) is 15.0. The first-order valence-corrected chi connectivity index (χ1v) is 8.04. The summed E-state index contributed by atoms with van der Waals surface area (Å²) in [5.74, 6) is 0. The molecule has 1 atom stereocenters. The van der Waals surface area contributed by atoms with Crippen LogP contribution in [0.2, 0.25) is 0 Å². The van der Waals surface area contributed by atoms with Crippen LogP contribution in [-0.2, 0) is 4.74 Å². The Balaban J connectivity index is 3.17. The third-order valence-electron chi connectivity index (χ3n) is 3.20. The predicted molar refractivity (Wildman–Crippen MR) is 80.4 cm³/mol. The van der Waals surface area contributed by atoms with Crippen molar-refractivity contribution in [2.24, 2.45) is 0 Å². The lowest BCUT2D eigenvalue weighted by Gasteiger charge is -2.17. The molecule has 2 heteroatoms. The van der Waals surface area contributed by atoms with Crippen molar-refractivity contribution in [1.82, 2.24) is 5.32 Å². The monoisotopic (exact) mass is 256 g/mol. The van der Waals surface area contributed by atoms with Crippen LogP contribution < -0.4 is 5.32 Å². The van der Waals surface area contributed by atoms with Gasteiger partial charge < -0.3 is 4.74 Å². The van der Waals surface area contributed by atoms with Crippen molar-refractivity contribution in [2.45, 2.75) is 91.2 Å². The first-order valence-electron chi connectivity index (χ1n) is 8.04. The van der Waals surface area contributed by atoms with Crippen molar-refractivity contribution in [2.75, 3.05) is 6.61 Å². The highest BCUT2D eigenvalue weighted by Gasteiger charge is 2.03. The molecule has 18 heavy (non-hydrogen) atoms. The number of hydrogen-bond acceptors (Lipinski definition) is 2. The summed E-state index contributed by atoms with van der Waals surface area (Å²) >= 11 is 0. The molecule has 1 radical (unpaired) electrons. The van der Waals surface area contributed by atoms with E-state index in [1.54, 1.807) is 0 Å². The van der Waals surface area contributed by atoms with Gasteiger partial charge in [0.15, 0.2) is 0 Å². The van der Waals surface area contributed by atoms with Crippen LogP contribution in [0.25, 0.3) is 0 Å². The summed E-state index contributed by atoms with van der Waals surface area (Å²) in [5, 5.41) is 3.30. The molecule has 0 aliphatic heterocycles. The smallest absolute Gasteiger partial charge is 0.108 e. The van der Waals surface area contributed by atoms with Crippen LogP contribution in [0.15, 0.2) is 0 Å². The molecule has 2 nitrogen and oxygen atoms in total. The zero-order valence-corrected chi connectivity index (χ0v) is 12.8. The van der Waals surface area contributed by atoms with E-state index in [1.807, 2.05) is 0 Å². The Bertz CT molecular complexity index is 150. The molecule has 0 aromatic carbocycles. The standard InChI is InChI=1S/C16H34NO/c1-4-7-8-9-10-11-12-13-15-18-16(6-3)17-14-5-2/h14,16-17H,4-13,15H2,1-3H3. The third kappa shape index (κ3) is 12.4. The van der Waals surface area contributed by atoms with Crippen molar-refractivity contribution in [3.05, 3.63) is 6.54 Å². The first kappa shape index (κ1) is 17.9. The minimum atomic E-state index is 0.217. The lowest BCUT2D eigenvalue weighted by Crippen LogP contribution is -2.29. The van der Waals surface area contributed by atoms with Gasteiger partial charge in [-0.1, -0.05) is 65.7 Å². The highest BCUT2D eigenvalue weighted by molar-refractivity contribution is 4.62. The molecule has 0 amide bonds. The van der Waals surface area contributed by atoms with Gasteiger partial charge in [0, 0.05) is 13.2 Å². The highest BCUT2D eigenvalue weighted by Crippen LogP contribution is 2.08. The number of ether oxygens (including phenoxy) is 1. The zero-order valence-electron chi connectivity index (χ0n) is 12.8. The van der Waals surface area contributed by atoms with E-state index in [1.165, 1.54) is 51.4 Å². The fourth-order valence-electron chi connectivity index (χ4n) is 1.99. The van der Waals surface area contributed by atoms with Crippen LogP contribution in [0.3, 0.4) is 0 Å². The lowest BCUT2D eigenvalue weighted by molar-refractivity contribution is 0.0304. The number of hydrogen-bond donors (Lipinski definition) is 1. The molecule has 1 unspecified atom stereocenters. The van der Waals surface area contributed by atoms with Crippen LogP contribution in [0.4, 0.5) is 0 Å². The van der Waals surface area contributed by atoms with Gasteiger partial charge >= 0.3 is 0 Å². The number of rotatable bonds is 14. The largest absolute Gasteiger partial charge is 0.363 e. The topological polar surface area (TPSA) is 21.3 Å². The molecule has 1 N–H and O–H groups in total. The van der Waals surface area contributed by atoms with Crippen molar-refractivity contribution in [3.63, 3.8) is 0 Å². The van der Waals surface area contributed by atoms with Crippen LogP contribution in [0.1, 0.15) is 85.0 Å².